The highest BCUT2D eigenvalue weighted by Gasteiger charge is 2.14. The summed E-state index contributed by atoms with van der Waals surface area (Å²) in [6, 6.07) is 6.29. The molecule has 0 saturated carbocycles. The Labute approximate surface area is 106 Å². The summed E-state index contributed by atoms with van der Waals surface area (Å²) in [6.45, 7) is 2.97. The van der Waals surface area contributed by atoms with E-state index in [0.29, 0.717) is 30.1 Å². The highest BCUT2D eigenvalue weighted by Crippen LogP contribution is 2.13. The smallest absolute Gasteiger partial charge is 0.253 e. The van der Waals surface area contributed by atoms with Crippen LogP contribution in [0.25, 0.3) is 0 Å². The molecule has 0 unspecified atom stereocenters. The van der Waals surface area contributed by atoms with E-state index >= 15 is 0 Å². The average Bonchev–Trinajstić information content (AvgIpc) is 2.29. The number of thiocarbonyl (C=S) groups is 1. The molecular formula is C12H16N2O2S. The predicted octanol–water partition coefficient (Wildman–Crippen LogP) is 1.53. The Morgan fingerprint density at radius 2 is 2.24 bits per heavy atom. The van der Waals surface area contributed by atoms with Crippen LogP contribution in [0, 0.1) is 0 Å². The Bertz CT molecular complexity index is 421. The first-order chi connectivity index (χ1) is 8.04. The highest BCUT2D eigenvalue weighted by molar-refractivity contribution is 7.80. The van der Waals surface area contributed by atoms with Crippen LogP contribution in [0.5, 0.6) is 5.75 Å². The molecule has 0 radical (unpaired) electrons. The fourth-order valence-electron chi connectivity index (χ4n) is 1.47. The lowest BCUT2D eigenvalue weighted by Gasteiger charge is -2.20. The number of phenols is 1. The Balaban J connectivity index is 2.75. The van der Waals surface area contributed by atoms with E-state index in [0.717, 1.165) is 0 Å². The largest absolute Gasteiger partial charge is 0.508 e. The van der Waals surface area contributed by atoms with E-state index in [1.165, 1.54) is 12.1 Å². The molecule has 1 rings (SSSR count). The Hall–Kier alpha value is -1.62. The molecule has 0 aliphatic heterocycles. The molecule has 0 aliphatic carbocycles. The van der Waals surface area contributed by atoms with Crippen molar-refractivity contribution in [2.75, 3.05) is 13.1 Å². The third kappa shape index (κ3) is 4.03. The number of rotatable bonds is 5. The molecule has 17 heavy (non-hydrogen) atoms. The molecule has 5 heteroatoms. The van der Waals surface area contributed by atoms with E-state index in [2.05, 4.69) is 0 Å². The lowest BCUT2D eigenvalue weighted by atomic mass is 10.2. The minimum atomic E-state index is -0.125. The number of amides is 1. The van der Waals surface area contributed by atoms with Gasteiger partial charge < -0.3 is 15.7 Å². The number of phenolic OH excluding ortho intramolecular Hbond substituents is 1. The van der Waals surface area contributed by atoms with Gasteiger partial charge in [0.25, 0.3) is 5.91 Å². The second-order valence-corrected chi connectivity index (χ2v) is 4.18. The summed E-state index contributed by atoms with van der Waals surface area (Å²) >= 11 is 4.79. The minimum Gasteiger partial charge on any atom is -0.508 e. The van der Waals surface area contributed by atoms with Crippen LogP contribution in [0.3, 0.4) is 0 Å². The van der Waals surface area contributed by atoms with Crippen LogP contribution in [0.1, 0.15) is 23.7 Å². The monoisotopic (exact) mass is 252 g/mol. The summed E-state index contributed by atoms with van der Waals surface area (Å²) in [6.07, 6.45) is 0.508. The van der Waals surface area contributed by atoms with Crippen LogP contribution in [-0.4, -0.2) is 34.0 Å². The number of aromatic hydroxyl groups is 1. The van der Waals surface area contributed by atoms with E-state index in [-0.39, 0.29) is 11.7 Å². The van der Waals surface area contributed by atoms with E-state index in [4.69, 9.17) is 18.0 Å². The highest BCUT2D eigenvalue weighted by atomic mass is 32.1. The van der Waals surface area contributed by atoms with E-state index in [1.807, 2.05) is 6.92 Å². The zero-order valence-electron chi connectivity index (χ0n) is 9.72. The lowest BCUT2D eigenvalue weighted by Crippen LogP contribution is -2.33. The summed E-state index contributed by atoms with van der Waals surface area (Å²) in [5, 5.41) is 9.32. The topological polar surface area (TPSA) is 66.6 Å². The fourth-order valence-corrected chi connectivity index (χ4v) is 1.56. The molecule has 0 fully saturated rings. The van der Waals surface area contributed by atoms with Crippen LogP contribution in [-0.2, 0) is 0 Å². The first kappa shape index (κ1) is 13.4. The van der Waals surface area contributed by atoms with Gasteiger partial charge in [-0.15, -0.1) is 0 Å². The van der Waals surface area contributed by atoms with Gasteiger partial charge in [0.15, 0.2) is 0 Å². The van der Waals surface area contributed by atoms with Crippen molar-refractivity contribution < 1.29 is 9.90 Å². The third-order valence-corrected chi connectivity index (χ3v) is 2.59. The number of carbonyl (C=O) groups excluding carboxylic acids is 1. The van der Waals surface area contributed by atoms with Gasteiger partial charge >= 0.3 is 0 Å². The van der Waals surface area contributed by atoms with Gasteiger partial charge in [0, 0.05) is 25.1 Å². The standard InChI is InChI=1S/C12H16N2O2S/c1-2-14(7-6-11(13)17)12(16)9-4-3-5-10(15)8-9/h3-5,8,15H,2,6-7H2,1H3,(H2,13,17). The van der Waals surface area contributed by atoms with Gasteiger partial charge in [-0.25, -0.2) is 0 Å². The maximum atomic E-state index is 12.1. The van der Waals surface area contributed by atoms with Gasteiger partial charge in [0.2, 0.25) is 0 Å². The number of carbonyl (C=O) groups is 1. The number of nitrogens with two attached hydrogens (primary N) is 1. The SMILES string of the molecule is CCN(CCC(N)=S)C(=O)c1cccc(O)c1. The number of benzene rings is 1. The number of hydrogen-bond acceptors (Lipinski definition) is 3. The molecule has 4 nitrogen and oxygen atoms in total. The van der Waals surface area contributed by atoms with Gasteiger partial charge in [-0.05, 0) is 25.1 Å². The summed E-state index contributed by atoms with van der Waals surface area (Å²) in [5.74, 6) is -0.0408. The molecule has 0 heterocycles. The average molecular weight is 252 g/mol. The maximum Gasteiger partial charge on any atom is 0.253 e. The molecular weight excluding hydrogens is 236 g/mol. The Morgan fingerprint density at radius 3 is 2.76 bits per heavy atom. The normalized spacial score (nSPS) is 9.94. The first-order valence-corrected chi connectivity index (χ1v) is 5.82. The molecule has 1 aromatic rings. The van der Waals surface area contributed by atoms with Gasteiger partial charge in [0.1, 0.15) is 5.75 Å². The second-order valence-electron chi connectivity index (χ2n) is 3.65. The Morgan fingerprint density at radius 1 is 1.53 bits per heavy atom. The minimum absolute atomic E-state index is 0.0845. The first-order valence-electron chi connectivity index (χ1n) is 5.41. The van der Waals surface area contributed by atoms with E-state index < -0.39 is 0 Å². The molecule has 0 spiro atoms. The van der Waals surface area contributed by atoms with Crippen molar-refractivity contribution in [3.8, 4) is 5.75 Å². The van der Waals surface area contributed by atoms with E-state index in [1.54, 1.807) is 17.0 Å². The van der Waals surface area contributed by atoms with Crippen molar-refractivity contribution in [2.24, 2.45) is 5.73 Å². The van der Waals surface area contributed by atoms with E-state index in [9.17, 15) is 9.90 Å². The molecule has 0 aliphatic rings. The van der Waals surface area contributed by atoms with Crippen molar-refractivity contribution in [3.05, 3.63) is 29.8 Å². The number of nitrogens with zero attached hydrogens (tertiary/aromatic N) is 1. The van der Waals surface area contributed by atoms with Crippen molar-refractivity contribution in [3.63, 3.8) is 0 Å². The van der Waals surface area contributed by atoms with Gasteiger partial charge in [-0.2, -0.15) is 0 Å². The quantitative estimate of drug-likeness (QED) is 0.780. The van der Waals surface area contributed by atoms with Crippen LogP contribution in [0.15, 0.2) is 24.3 Å². The number of hydrogen-bond donors (Lipinski definition) is 2. The molecule has 0 bridgehead atoms. The molecule has 1 amide bonds. The van der Waals surface area contributed by atoms with Crippen LogP contribution >= 0.6 is 12.2 Å². The van der Waals surface area contributed by atoms with Crippen molar-refractivity contribution in [1.82, 2.24) is 4.90 Å². The second kappa shape index (κ2) is 6.20. The van der Waals surface area contributed by atoms with Crippen LogP contribution < -0.4 is 5.73 Å². The summed E-state index contributed by atoms with van der Waals surface area (Å²) < 4.78 is 0. The summed E-state index contributed by atoms with van der Waals surface area (Å²) in [7, 11) is 0. The molecule has 3 N–H and O–H groups in total. The van der Waals surface area contributed by atoms with Crippen LogP contribution in [0.4, 0.5) is 0 Å². The molecule has 92 valence electrons. The van der Waals surface area contributed by atoms with Gasteiger partial charge in [-0.1, -0.05) is 18.3 Å². The third-order valence-electron chi connectivity index (χ3n) is 2.39. The van der Waals surface area contributed by atoms with Crippen molar-refractivity contribution in [2.45, 2.75) is 13.3 Å². The molecule has 0 aromatic heterocycles. The Kier molecular flexibility index (Phi) is 4.90. The van der Waals surface area contributed by atoms with Crippen molar-refractivity contribution >= 4 is 23.1 Å². The molecule has 0 atom stereocenters. The zero-order chi connectivity index (χ0) is 12.8. The fraction of sp³-hybridized carbons (Fsp3) is 0.333. The predicted molar refractivity (Wildman–Crippen MR) is 71.1 cm³/mol. The summed E-state index contributed by atoms with van der Waals surface area (Å²) in [5.41, 5.74) is 5.88. The zero-order valence-corrected chi connectivity index (χ0v) is 10.5. The maximum absolute atomic E-state index is 12.1. The van der Waals surface area contributed by atoms with Gasteiger partial charge in [-0.3, -0.25) is 4.79 Å². The molecule has 1 aromatic carbocycles. The lowest BCUT2D eigenvalue weighted by molar-refractivity contribution is 0.0768. The van der Waals surface area contributed by atoms with Gasteiger partial charge in [0.05, 0.1) is 4.99 Å². The summed E-state index contributed by atoms with van der Waals surface area (Å²) in [4.78, 5) is 14.1. The molecule has 0 saturated heterocycles. The van der Waals surface area contributed by atoms with Crippen molar-refractivity contribution in [1.29, 1.82) is 0 Å². The van der Waals surface area contributed by atoms with Crippen LogP contribution in [0.2, 0.25) is 0 Å².